The van der Waals surface area contributed by atoms with Gasteiger partial charge < -0.3 is 14.5 Å². The molecule has 0 amide bonds. The van der Waals surface area contributed by atoms with Crippen LogP contribution in [0.25, 0.3) is 10.8 Å². The Bertz CT molecular complexity index is 954. The molecule has 0 spiro atoms. The van der Waals surface area contributed by atoms with Crippen molar-refractivity contribution in [3.8, 4) is 5.75 Å². The molecule has 0 radical (unpaired) electrons. The highest BCUT2D eigenvalue weighted by Crippen LogP contribution is 2.45. The number of hydrogen-bond acceptors (Lipinski definition) is 4. The van der Waals surface area contributed by atoms with Gasteiger partial charge in [0.15, 0.2) is 5.72 Å². The Labute approximate surface area is 157 Å². The van der Waals surface area contributed by atoms with Gasteiger partial charge in [-0.1, -0.05) is 66.7 Å². The Morgan fingerprint density at radius 1 is 1.00 bits per heavy atom. The zero-order chi connectivity index (χ0) is 19.5. The zero-order valence-corrected chi connectivity index (χ0v) is 15.8. The first kappa shape index (κ1) is 19.5. The van der Waals surface area contributed by atoms with Gasteiger partial charge in [0.1, 0.15) is 11.9 Å². The van der Waals surface area contributed by atoms with Crippen molar-refractivity contribution < 1.29 is 23.6 Å². The molecule has 0 heterocycles. The van der Waals surface area contributed by atoms with Gasteiger partial charge in [0.2, 0.25) is 0 Å². The summed E-state index contributed by atoms with van der Waals surface area (Å²) in [6.07, 6.45) is -0.418. The number of phosphoric acid groups is 1. The molecule has 0 aromatic heterocycles. The third-order valence-corrected chi connectivity index (χ3v) is 4.78. The van der Waals surface area contributed by atoms with Crippen molar-refractivity contribution >= 4 is 18.6 Å². The van der Waals surface area contributed by atoms with Gasteiger partial charge in [-0.15, -0.1) is 0 Å². The number of phosphoric ester groups is 1. The summed E-state index contributed by atoms with van der Waals surface area (Å²) in [5, 5.41) is 1.99. The van der Waals surface area contributed by atoms with Crippen LogP contribution in [0.15, 0.2) is 72.8 Å². The second kappa shape index (κ2) is 7.80. The van der Waals surface area contributed by atoms with Crippen LogP contribution >= 0.6 is 7.82 Å². The van der Waals surface area contributed by atoms with E-state index >= 15 is 0 Å². The van der Waals surface area contributed by atoms with Crippen LogP contribution in [-0.4, -0.2) is 15.9 Å². The minimum absolute atomic E-state index is 0.0470. The number of ether oxygens (including phenoxy) is 1. The number of benzene rings is 3. The summed E-state index contributed by atoms with van der Waals surface area (Å²) >= 11 is 0. The molecule has 0 saturated carbocycles. The quantitative estimate of drug-likeness (QED) is 0.420. The molecular weight excluding hydrogens is 365 g/mol. The lowest BCUT2D eigenvalue weighted by Crippen LogP contribution is -2.42. The lowest BCUT2D eigenvalue weighted by molar-refractivity contribution is 0.000663. The van der Waals surface area contributed by atoms with Crippen molar-refractivity contribution in [1.82, 2.24) is 0 Å². The van der Waals surface area contributed by atoms with Crippen molar-refractivity contribution in [2.45, 2.75) is 25.2 Å². The van der Waals surface area contributed by atoms with Crippen LogP contribution in [0, 0.1) is 0 Å². The number of hydrogen-bond donors (Lipinski definition) is 3. The highest BCUT2D eigenvalue weighted by molar-refractivity contribution is 7.46. The zero-order valence-electron chi connectivity index (χ0n) is 14.9. The SMILES string of the molecule is CC(CC(N)(OP(=O)(O)O)c1ccccc1)Oc1cccc2ccccc12. The van der Waals surface area contributed by atoms with Gasteiger partial charge in [0.05, 0.1) is 0 Å². The number of nitrogens with two attached hydrogens (primary N) is 1. The van der Waals surface area contributed by atoms with E-state index in [-0.39, 0.29) is 6.42 Å². The van der Waals surface area contributed by atoms with Gasteiger partial charge >= 0.3 is 7.82 Å². The average Bonchev–Trinajstić information content (AvgIpc) is 2.61. The number of rotatable bonds is 7. The van der Waals surface area contributed by atoms with E-state index in [1.807, 2.05) is 42.5 Å². The van der Waals surface area contributed by atoms with Gasteiger partial charge in [-0.2, -0.15) is 0 Å². The maximum atomic E-state index is 11.5. The molecule has 142 valence electrons. The Balaban J connectivity index is 1.86. The Kier molecular flexibility index (Phi) is 5.65. The van der Waals surface area contributed by atoms with E-state index < -0.39 is 19.7 Å². The highest BCUT2D eigenvalue weighted by atomic mass is 31.2. The van der Waals surface area contributed by atoms with E-state index in [0.717, 1.165) is 10.8 Å². The largest absolute Gasteiger partial charge is 0.490 e. The molecule has 3 aromatic rings. The molecule has 4 N–H and O–H groups in total. The minimum Gasteiger partial charge on any atom is -0.490 e. The van der Waals surface area contributed by atoms with Crippen LogP contribution in [0.4, 0.5) is 0 Å². The predicted molar refractivity (Wildman–Crippen MR) is 104 cm³/mol. The molecule has 0 aliphatic rings. The van der Waals surface area contributed by atoms with E-state index in [0.29, 0.717) is 11.3 Å². The minimum atomic E-state index is -4.81. The van der Waals surface area contributed by atoms with Crippen molar-refractivity contribution in [1.29, 1.82) is 0 Å². The van der Waals surface area contributed by atoms with E-state index in [1.54, 1.807) is 37.3 Å². The molecule has 27 heavy (non-hydrogen) atoms. The molecular formula is C20H22NO5P. The molecule has 0 aliphatic heterocycles. The summed E-state index contributed by atoms with van der Waals surface area (Å²) in [5.41, 5.74) is 5.05. The lowest BCUT2D eigenvalue weighted by atomic mass is 9.98. The van der Waals surface area contributed by atoms with E-state index in [2.05, 4.69) is 0 Å². The third-order valence-electron chi connectivity index (χ3n) is 4.21. The molecule has 6 nitrogen and oxygen atoms in total. The van der Waals surface area contributed by atoms with Gasteiger partial charge in [-0.05, 0) is 23.9 Å². The van der Waals surface area contributed by atoms with Gasteiger partial charge in [-0.3, -0.25) is 10.3 Å². The summed E-state index contributed by atoms with van der Waals surface area (Å²) in [7, 11) is -4.81. The average molecular weight is 387 g/mol. The molecule has 0 fully saturated rings. The Morgan fingerprint density at radius 2 is 1.63 bits per heavy atom. The monoisotopic (exact) mass is 387 g/mol. The molecule has 2 unspecified atom stereocenters. The van der Waals surface area contributed by atoms with Gasteiger partial charge in [-0.25, -0.2) is 4.57 Å². The fourth-order valence-electron chi connectivity index (χ4n) is 3.12. The van der Waals surface area contributed by atoms with Gasteiger partial charge in [0, 0.05) is 11.8 Å². The van der Waals surface area contributed by atoms with Crippen LogP contribution in [0.5, 0.6) is 5.75 Å². The summed E-state index contributed by atoms with van der Waals surface area (Å²) in [6.45, 7) is 1.79. The van der Waals surface area contributed by atoms with Crippen molar-refractivity contribution in [3.63, 3.8) is 0 Å². The summed E-state index contributed by atoms with van der Waals surface area (Å²) in [5.74, 6) is 0.673. The second-order valence-corrected chi connectivity index (χ2v) is 7.61. The topological polar surface area (TPSA) is 102 Å². The van der Waals surface area contributed by atoms with E-state index in [4.69, 9.17) is 15.0 Å². The highest BCUT2D eigenvalue weighted by Gasteiger charge is 2.38. The maximum absolute atomic E-state index is 11.5. The van der Waals surface area contributed by atoms with Crippen LogP contribution < -0.4 is 10.5 Å². The first-order chi connectivity index (χ1) is 12.8. The van der Waals surface area contributed by atoms with Crippen molar-refractivity contribution in [2.75, 3.05) is 0 Å². The maximum Gasteiger partial charge on any atom is 0.471 e. The Morgan fingerprint density at radius 3 is 2.33 bits per heavy atom. The van der Waals surface area contributed by atoms with Crippen LogP contribution in [0.3, 0.4) is 0 Å². The predicted octanol–water partition coefficient (Wildman–Crippen LogP) is 3.92. The van der Waals surface area contributed by atoms with Crippen LogP contribution in [0.2, 0.25) is 0 Å². The summed E-state index contributed by atoms with van der Waals surface area (Å²) < 4.78 is 22.5. The standard InChI is InChI=1S/C20H22NO5P/c1-15(25-19-13-7-9-16-8-5-6-12-18(16)19)14-20(21,26-27(22,23)24)17-10-3-2-4-11-17/h2-13,15H,14,21H2,1H3,(H2,22,23,24). The number of fused-ring (bicyclic) bond motifs is 1. The van der Waals surface area contributed by atoms with Crippen molar-refractivity contribution in [2.24, 2.45) is 5.73 Å². The molecule has 3 aromatic carbocycles. The molecule has 7 heteroatoms. The molecule has 3 rings (SSSR count). The molecule has 0 aliphatic carbocycles. The summed E-state index contributed by atoms with van der Waals surface area (Å²) in [4.78, 5) is 18.7. The molecule has 2 atom stereocenters. The lowest BCUT2D eigenvalue weighted by Gasteiger charge is -2.32. The normalized spacial score (nSPS) is 15.3. The first-order valence-corrected chi connectivity index (χ1v) is 10.0. The first-order valence-electron chi connectivity index (χ1n) is 8.52. The molecule has 0 saturated heterocycles. The fourth-order valence-corrected chi connectivity index (χ4v) is 3.73. The Hall–Kier alpha value is -2.21. The molecule has 0 bridgehead atoms. The summed E-state index contributed by atoms with van der Waals surface area (Å²) in [6, 6.07) is 22.1. The fraction of sp³-hybridized carbons (Fsp3) is 0.200. The van der Waals surface area contributed by atoms with E-state index in [9.17, 15) is 14.4 Å². The van der Waals surface area contributed by atoms with Gasteiger partial charge in [0.25, 0.3) is 0 Å². The van der Waals surface area contributed by atoms with Crippen LogP contribution in [0.1, 0.15) is 18.9 Å². The third kappa shape index (κ3) is 4.95. The smallest absolute Gasteiger partial charge is 0.471 e. The van der Waals surface area contributed by atoms with Crippen molar-refractivity contribution in [3.05, 3.63) is 78.4 Å². The van der Waals surface area contributed by atoms with E-state index in [1.165, 1.54) is 0 Å². The second-order valence-electron chi connectivity index (χ2n) is 6.45. The van der Waals surface area contributed by atoms with Crippen LogP contribution in [-0.2, 0) is 14.8 Å².